The molecule has 0 heterocycles. The van der Waals surface area contributed by atoms with Gasteiger partial charge in [-0.1, -0.05) is 0 Å². The maximum absolute atomic E-state index is 13.4. The van der Waals surface area contributed by atoms with Gasteiger partial charge in [-0.3, -0.25) is 4.79 Å². The number of benzene rings is 1. The van der Waals surface area contributed by atoms with Crippen LogP contribution in [0, 0.1) is 11.6 Å². The Morgan fingerprint density at radius 3 is 2.78 bits per heavy atom. The van der Waals surface area contributed by atoms with Crippen molar-refractivity contribution in [3.8, 4) is 0 Å². The molecule has 1 aromatic rings. The predicted octanol–water partition coefficient (Wildman–Crippen LogP) is 1.20. The van der Waals surface area contributed by atoms with Gasteiger partial charge in [-0.15, -0.1) is 0 Å². The number of nitrogens with zero attached hydrogens (tertiary/aromatic N) is 1. The molecule has 0 spiro atoms. The Balaban J connectivity index is 2.56. The van der Waals surface area contributed by atoms with E-state index in [1.807, 2.05) is 0 Å². The van der Waals surface area contributed by atoms with E-state index in [4.69, 9.17) is 10.8 Å². The van der Waals surface area contributed by atoms with Crippen molar-refractivity contribution >= 4 is 5.97 Å². The number of likely N-dealkylation sites (N-methyl/N-ethyl adjacent to an activating group) is 1. The van der Waals surface area contributed by atoms with Crippen LogP contribution in [-0.4, -0.2) is 35.6 Å². The molecule has 0 saturated carbocycles. The number of halogens is 2. The van der Waals surface area contributed by atoms with Crippen LogP contribution < -0.4 is 5.73 Å². The normalized spacial score (nSPS) is 12.7. The first-order chi connectivity index (χ1) is 8.38. The molecule has 1 aromatic carbocycles. The largest absolute Gasteiger partial charge is 0.481 e. The Bertz CT molecular complexity index is 427. The quantitative estimate of drug-likeness (QED) is 0.804. The molecule has 0 radical (unpaired) electrons. The molecule has 0 aromatic heterocycles. The zero-order valence-electron chi connectivity index (χ0n) is 10.1. The molecule has 0 amide bonds. The van der Waals surface area contributed by atoms with Gasteiger partial charge in [-0.2, -0.15) is 0 Å². The summed E-state index contributed by atoms with van der Waals surface area (Å²) >= 11 is 0. The number of carboxylic acid groups (broad SMARTS) is 1. The molecule has 0 aliphatic carbocycles. The van der Waals surface area contributed by atoms with Crippen molar-refractivity contribution in [3.05, 3.63) is 35.4 Å². The second-order valence-corrected chi connectivity index (χ2v) is 4.29. The van der Waals surface area contributed by atoms with E-state index >= 15 is 0 Å². The van der Waals surface area contributed by atoms with Crippen LogP contribution in [0.3, 0.4) is 0 Å². The van der Waals surface area contributed by atoms with E-state index in [1.165, 1.54) is 0 Å². The summed E-state index contributed by atoms with van der Waals surface area (Å²) in [6.45, 7) is 0.471. The van der Waals surface area contributed by atoms with Gasteiger partial charge in [0.05, 0.1) is 6.42 Å². The van der Waals surface area contributed by atoms with Crippen molar-refractivity contribution < 1.29 is 18.7 Å². The lowest BCUT2D eigenvalue weighted by Gasteiger charge is -2.20. The first-order valence-electron chi connectivity index (χ1n) is 5.48. The number of rotatable bonds is 6. The summed E-state index contributed by atoms with van der Waals surface area (Å²) in [5.41, 5.74) is 5.83. The van der Waals surface area contributed by atoms with Crippen molar-refractivity contribution in [1.82, 2.24) is 4.90 Å². The third kappa shape index (κ3) is 4.77. The summed E-state index contributed by atoms with van der Waals surface area (Å²) < 4.78 is 26.3. The zero-order valence-corrected chi connectivity index (χ0v) is 10.1. The summed E-state index contributed by atoms with van der Waals surface area (Å²) in [5.74, 6) is -1.97. The van der Waals surface area contributed by atoms with Crippen LogP contribution in [0.4, 0.5) is 8.78 Å². The Kier molecular flexibility index (Phi) is 5.18. The van der Waals surface area contributed by atoms with Crippen LogP contribution >= 0.6 is 0 Å². The molecule has 18 heavy (non-hydrogen) atoms. The second-order valence-electron chi connectivity index (χ2n) is 4.29. The molecule has 6 heteroatoms. The summed E-state index contributed by atoms with van der Waals surface area (Å²) in [6.07, 6.45) is -0.157. The highest BCUT2D eigenvalue weighted by molar-refractivity contribution is 5.67. The molecule has 1 atom stereocenters. The van der Waals surface area contributed by atoms with Crippen molar-refractivity contribution in [2.75, 3.05) is 13.6 Å². The molecule has 0 bridgehead atoms. The zero-order chi connectivity index (χ0) is 13.7. The van der Waals surface area contributed by atoms with E-state index in [9.17, 15) is 13.6 Å². The highest BCUT2D eigenvalue weighted by Crippen LogP contribution is 2.11. The minimum absolute atomic E-state index is 0.157. The lowest BCUT2D eigenvalue weighted by molar-refractivity contribution is -0.137. The Labute approximate surface area is 104 Å². The van der Waals surface area contributed by atoms with E-state index in [1.54, 1.807) is 11.9 Å². The number of carboxylic acids is 1. The van der Waals surface area contributed by atoms with Gasteiger partial charge in [0.25, 0.3) is 0 Å². The average molecular weight is 258 g/mol. The fourth-order valence-electron chi connectivity index (χ4n) is 1.71. The summed E-state index contributed by atoms with van der Waals surface area (Å²) in [4.78, 5) is 12.1. The molecule has 0 saturated heterocycles. The van der Waals surface area contributed by atoms with E-state index in [2.05, 4.69) is 0 Å². The summed E-state index contributed by atoms with van der Waals surface area (Å²) in [7, 11) is 1.67. The van der Waals surface area contributed by atoms with Crippen molar-refractivity contribution in [3.63, 3.8) is 0 Å². The van der Waals surface area contributed by atoms with Gasteiger partial charge in [0.2, 0.25) is 0 Å². The molecule has 1 unspecified atom stereocenters. The van der Waals surface area contributed by atoms with E-state index in [0.29, 0.717) is 6.54 Å². The SMILES string of the molecule is CN(Cc1cc(F)ccc1F)CC(N)CC(=O)O. The smallest absolute Gasteiger partial charge is 0.304 e. The Morgan fingerprint density at radius 2 is 2.17 bits per heavy atom. The van der Waals surface area contributed by atoms with Gasteiger partial charge in [-0.05, 0) is 25.2 Å². The van der Waals surface area contributed by atoms with Gasteiger partial charge in [0.1, 0.15) is 11.6 Å². The number of nitrogens with two attached hydrogens (primary N) is 1. The molecule has 0 aliphatic rings. The monoisotopic (exact) mass is 258 g/mol. The number of aliphatic carboxylic acids is 1. The minimum Gasteiger partial charge on any atom is -0.481 e. The van der Waals surface area contributed by atoms with Crippen LogP contribution in [-0.2, 0) is 11.3 Å². The van der Waals surface area contributed by atoms with Crippen LogP contribution in [0.5, 0.6) is 0 Å². The molecular formula is C12H16F2N2O2. The maximum Gasteiger partial charge on any atom is 0.304 e. The van der Waals surface area contributed by atoms with E-state index < -0.39 is 23.6 Å². The Morgan fingerprint density at radius 1 is 1.50 bits per heavy atom. The van der Waals surface area contributed by atoms with Gasteiger partial charge in [-0.25, -0.2) is 8.78 Å². The molecule has 100 valence electrons. The van der Waals surface area contributed by atoms with Gasteiger partial charge in [0.15, 0.2) is 0 Å². The van der Waals surface area contributed by atoms with E-state index in [-0.39, 0.29) is 18.5 Å². The van der Waals surface area contributed by atoms with Crippen molar-refractivity contribution in [1.29, 1.82) is 0 Å². The Hall–Kier alpha value is -1.53. The second kappa shape index (κ2) is 6.42. The lowest BCUT2D eigenvalue weighted by atomic mass is 10.1. The number of carbonyl (C=O) groups is 1. The number of hydrogen-bond donors (Lipinski definition) is 2. The third-order valence-corrected chi connectivity index (χ3v) is 2.43. The van der Waals surface area contributed by atoms with Crippen LogP contribution in [0.1, 0.15) is 12.0 Å². The standard InChI is InChI=1S/C12H16F2N2O2/c1-16(7-10(15)5-12(17)18)6-8-4-9(13)2-3-11(8)14/h2-4,10H,5-7,15H2,1H3,(H,17,18). The third-order valence-electron chi connectivity index (χ3n) is 2.43. The predicted molar refractivity (Wildman–Crippen MR) is 62.9 cm³/mol. The van der Waals surface area contributed by atoms with Gasteiger partial charge in [0, 0.05) is 24.7 Å². The molecular weight excluding hydrogens is 242 g/mol. The van der Waals surface area contributed by atoms with Crippen LogP contribution in [0.15, 0.2) is 18.2 Å². The van der Waals surface area contributed by atoms with Crippen molar-refractivity contribution in [2.24, 2.45) is 5.73 Å². The summed E-state index contributed by atoms with van der Waals surface area (Å²) in [5, 5.41) is 8.56. The molecule has 4 nitrogen and oxygen atoms in total. The van der Waals surface area contributed by atoms with E-state index in [0.717, 1.165) is 18.2 Å². The van der Waals surface area contributed by atoms with Crippen LogP contribution in [0.25, 0.3) is 0 Å². The fourth-order valence-corrected chi connectivity index (χ4v) is 1.71. The molecule has 0 aliphatic heterocycles. The summed E-state index contributed by atoms with van der Waals surface area (Å²) in [6, 6.07) is 2.70. The number of hydrogen-bond acceptors (Lipinski definition) is 3. The highest BCUT2D eigenvalue weighted by atomic mass is 19.1. The highest BCUT2D eigenvalue weighted by Gasteiger charge is 2.13. The first-order valence-corrected chi connectivity index (χ1v) is 5.48. The lowest BCUT2D eigenvalue weighted by Crippen LogP contribution is -2.36. The molecule has 3 N–H and O–H groups in total. The average Bonchev–Trinajstić information content (AvgIpc) is 2.21. The minimum atomic E-state index is -0.979. The first kappa shape index (κ1) is 14.5. The van der Waals surface area contributed by atoms with Crippen molar-refractivity contribution in [2.45, 2.75) is 19.0 Å². The molecule has 0 fully saturated rings. The van der Waals surface area contributed by atoms with Gasteiger partial charge >= 0.3 is 5.97 Å². The topological polar surface area (TPSA) is 66.6 Å². The van der Waals surface area contributed by atoms with Gasteiger partial charge < -0.3 is 15.7 Å². The fraction of sp³-hybridized carbons (Fsp3) is 0.417. The molecule has 1 rings (SSSR count). The maximum atomic E-state index is 13.4. The van der Waals surface area contributed by atoms with Crippen LogP contribution in [0.2, 0.25) is 0 Å².